The second-order valence-corrected chi connectivity index (χ2v) is 5.10. The second-order valence-electron chi connectivity index (χ2n) is 5.10. The summed E-state index contributed by atoms with van der Waals surface area (Å²) in [4.78, 5) is 3.97. The van der Waals surface area contributed by atoms with Gasteiger partial charge in [0.2, 0.25) is 0 Å². The molecule has 1 aromatic heterocycles. The molecule has 0 amide bonds. The van der Waals surface area contributed by atoms with E-state index in [0.29, 0.717) is 6.42 Å². The number of tetrazole rings is 1. The fourth-order valence-corrected chi connectivity index (χ4v) is 3.26. The number of nitrogens with zero attached hydrogens (tertiary/aromatic N) is 5. The monoisotopic (exact) mass is 283 g/mol. The summed E-state index contributed by atoms with van der Waals surface area (Å²) >= 11 is 0. The van der Waals surface area contributed by atoms with E-state index in [1.165, 1.54) is 4.80 Å². The van der Waals surface area contributed by atoms with Crippen LogP contribution in [0, 0.1) is 0 Å². The Morgan fingerprint density at radius 3 is 2.20 bits per heavy atom. The van der Waals surface area contributed by atoms with E-state index in [-0.39, 0.29) is 11.6 Å². The lowest BCUT2D eigenvalue weighted by Crippen LogP contribution is -2.63. The van der Waals surface area contributed by atoms with Gasteiger partial charge in [-0.15, -0.1) is 10.2 Å². The Morgan fingerprint density at radius 2 is 1.85 bits per heavy atom. The predicted molar refractivity (Wildman–Crippen MR) is 79.8 cm³/mol. The van der Waals surface area contributed by atoms with E-state index >= 15 is 0 Å². The van der Waals surface area contributed by atoms with Crippen molar-refractivity contribution in [3.63, 3.8) is 0 Å². The molecule has 0 aliphatic heterocycles. The third-order valence-electron chi connectivity index (χ3n) is 4.40. The molecule has 0 radical (unpaired) electrons. The molecular weight excluding hydrogens is 254 g/mol. The summed E-state index contributed by atoms with van der Waals surface area (Å²) in [5.74, 6) is 6.58. The van der Waals surface area contributed by atoms with Crippen LogP contribution in [0.25, 0.3) is 0 Å². The van der Waals surface area contributed by atoms with Crippen LogP contribution in [-0.4, -0.2) is 49.8 Å². The van der Waals surface area contributed by atoms with Gasteiger partial charge in [0, 0.05) is 18.0 Å². The third kappa shape index (κ3) is 3.34. The van der Waals surface area contributed by atoms with Gasteiger partial charge in [0.1, 0.15) is 0 Å². The number of rotatable bonds is 9. The van der Waals surface area contributed by atoms with E-state index in [2.05, 4.69) is 53.4 Å². The Labute approximate surface area is 121 Å². The molecule has 116 valence electrons. The first-order valence-corrected chi connectivity index (χ1v) is 7.51. The van der Waals surface area contributed by atoms with Crippen LogP contribution in [0.5, 0.6) is 0 Å². The Bertz CT molecular complexity index is 382. The average molecular weight is 283 g/mol. The van der Waals surface area contributed by atoms with Crippen LogP contribution < -0.4 is 11.3 Å². The highest BCUT2D eigenvalue weighted by molar-refractivity contribution is 5.01. The van der Waals surface area contributed by atoms with Crippen LogP contribution in [0.2, 0.25) is 0 Å². The van der Waals surface area contributed by atoms with Crippen molar-refractivity contribution in [2.24, 2.45) is 12.9 Å². The second kappa shape index (κ2) is 7.66. The van der Waals surface area contributed by atoms with Crippen LogP contribution in [0.15, 0.2) is 0 Å². The highest BCUT2D eigenvalue weighted by Gasteiger charge is 2.40. The summed E-state index contributed by atoms with van der Waals surface area (Å²) < 4.78 is 0. The van der Waals surface area contributed by atoms with Crippen LogP contribution >= 0.6 is 0 Å². The zero-order valence-electron chi connectivity index (χ0n) is 13.4. The molecule has 0 bridgehead atoms. The minimum absolute atomic E-state index is 0.0114. The van der Waals surface area contributed by atoms with Gasteiger partial charge in [0.25, 0.3) is 0 Å². The molecule has 0 fully saturated rings. The molecule has 0 saturated carbocycles. The molecule has 1 heterocycles. The Balaban J connectivity index is 3.01. The topological polar surface area (TPSA) is 84.9 Å². The maximum atomic E-state index is 5.85. The predicted octanol–water partition coefficient (Wildman–Crippen LogP) is 0.485. The number of likely N-dealkylation sites (N-methyl/N-ethyl adjacent to an activating group) is 1. The van der Waals surface area contributed by atoms with Gasteiger partial charge in [-0.1, -0.05) is 27.7 Å². The van der Waals surface area contributed by atoms with Crippen molar-refractivity contribution in [3.05, 3.63) is 5.82 Å². The number of aromatic nitrogens is 4. The van der Waals surface area contributed by atoms with E-state index in [9.17, 15) is 0 Å². The highest BCUT2D eigenvalue weighted by Crippen LogP contribution is 2.29. The lowest BCUT2D eigenvalue weighted by Gasteiger charge is -2.47. The molecule has 0 aliphatic rings. The van der Waals surface area contributed by atoms with Crippen molar-refractivity contribution >= 4 is 0 Å². The first-order valence-electron chi connectivity index (χ1n) is 7.51. The maximum absolute atomic E-state index is 5.85. The fraction of sp³-hybridized carbons (Fsp3) is 0.923. The van der Waals surface area contributed by atoms with Gasteiger partial charge in [0.05, 0.1) is 7.05 Å². The van der Waals surface area contributed by atoms with Gasteiger partial charge < -0.3 is 0 Å². The molecule has 3 N–H and O–H groups in total. The van der Waals surface area contributed by atoms with Gasteiger partial charge >= 0.3 is 0 Å². The summed E-state index contributed by atoms with van der Waals surface area (Å²) in [5.41, 5.74) is 3.00. The van der Waals surface area contributed by atoms with E-state index in [1.807, 2.05) is 0 Å². The number of hydrogen-bond acceptors (Lipinski definition) is 6. The van der Waals surface area contributed by atoms with Crippen molar-refractivity contribution in [1.29, 1.82) is 0 Å². The van der Waals surface area contributed by atoms with Gasteiger partial charge in [-0.05, 0) is 31.1 Å². The van der Waals surface area contributed by atoms with Crippen molar-refractivity contribution < 1.29 is 0 Å². The van der Waals surface area contributed by atoms with Crippen molar-refractivity contribution in [2.75, 3.05) is 13.1 Å². The lowest BCUT2D eigenvalue weighted by atomic mass is 9.81. The number of nitrogens with two attached hydrogens (primary N) is 1. The molecule has 0 aromatic carbocycles. The minimum atomic E-state index is 0.0114. The van der Waals surface area contributed by atoms with E-state index in [1.54, 1.807) is 7.05 Å². The maximum Gasteiger partial charge on any atom is 0.176 e. The van der Waals surface area contributed by atoms with Gasteiger partial charge in [0.15, 0.2) is 5.82 Å². The Morgan fingerprint density at radius 1 is 1.25 bits per heavy atom. The third-order valence-corrected chi connectivity index (χ3v) is 4.40. The van der Waals surface area contributed by atoms with Gasteiger partial charge in [-0.25, -0.2) is 0 Å². The molecule has 0 saturated heterocycles. The van der Waals surface area contributed by atoms with Crippen LogP contribution in [-0.2, 0) is 13.5 Å². The molecule has 7 nitrogen and oxygen atoms in total. The lowest BCUT2D eigenvalue weighted by molar-refractivity contribution is 0.0485. The molecule has 0 aliphatic carbocycles. The summed E-state index contributed by atoms with van der Waals surface area (Å²) in [6.07, 6.45) is 2.74. The van der Waals surface area contributed by atoms with Crippen molar-refractivity contribution in [1.82, 2.24) is 30.5 Å². The van der Waals surface area contributed by atoms with Crippen molar-refractivity contribution in [3.8, 4) is 0 Å². The van der Waals surface area contributed by atoms with Crippen LogP contribution in [0.3, 0.4) is 0 Å². The highest BCUT2D eigenvalue weighted by atomic mass is 15.6. The average Bonchev–Trinajstić information content (AvgIpc) is 2.88. The van der Waals surface area contributed by atoms with Gasteiger partial charge in [-0.2, -0.15) is 4.80 Å². The molecule has 1 unspecified atom stereocenters. The van der Waals surface area contributed by atoms with Crippen LogP contribution in [0.4, 0.5) is 0 Å². The molecule has 7 heteroatoms. The SMILES string of the molecule is CCN(CC)C(CC)(CC)C(Cc1nnn(C)n1)NN. The minimum Gasteiger partial charge on any atom is -0.297 e. The van der Waals surface area contributed by atoms with Crippen molar-refractivity contribution in [2.45, 2.75) is 58.5 Å². The normalized spacial score (nSPS) is 13.9. The van der Waals surface area contributed by atoms with E-state index in [4.69, 9.17) is 5.84 Å². The largest absolute Gasteiger partial charge is 0.297 e. The first-order chi connectivity index (χ1) is 9.57. The summed E-state index contributed by atoms with van der Waals surface area (Å²) in [6, 6.07) is 0.0987. The number of hydrazine groups is 1. The fourth-order valence-electron chi connectivity index (χ4n) is 3.26. The quantitative estimate of drug-likeness (QED) is 0.507. The van der Waals surface area contributed by atoms with Gasteiger partial charge in [-0.3, -0.25) is 16.2 Å². The molecule has 0 spiro atoms. The zero-order chi connectivity index (χ0) is 15.2. The smallest absolute Gasteiger partial charge is 0.176 e. The van der Waals surface area contributed by atoms with E-state index < -0.39 is 0 Å². The number of aryl methyl sites for hydroxylation is 1. The molecule has 1 aromatic rings. The van der Waals surface area contributed by atoms with Crippen LogP contribution in [0.1, 0.15) is 46.4 Å². The van der Waals surface area contributed by atoms with E-state index in [0.717, 1.165) is 31.8 Å². The Kier molecular flexibility index (Phi) is 6.51. The summed E-state index contributed by atoms with van der Waals surface area (Å²) in [6.45, 7) is 10.8. The molecule has 1 atom stereocenters. The Hall–Kier alpha value is -1.05. The zero-order valence-corrected chi connectivity index (χ0v) is 13.4. The molecular formula is C13H29N7. The molecule has 20 heavy (non-hydrogen) atoms. The summed E-state index contributed by atoms with van der Waals surface area (Å²) in [7, 11) is 1.78. The molecule has 1 rings (SSSR count). The number of nitrogens with one attached hydrogen (secondary N) is 1. The first kappa shape index (κ1) is 17.0. The number of hydrogen-bond donors (Lipinski definition) is 2. The standard InChI is InChI=1S/C13H29N7/c1-6-13(7-2,20(8-3)9-4)11(15-14)10-12-16-18-19(5)17-12/h11,15H,6-10,14H2,1-5H3. The summed E-state index contributed by atoms with van der Waals surface area (Å²) in [5, 5.41) is 12.3.